The molecule has 0 bridgehead atoms. The van der Waals surface area contributed by atoms with Crippen molar-refractivity contribution in [2.24, 2.45) is 0 Å². The molecule has 0 amide bonds. The molecule has 0 spiro atoms. The molecule has 8 heteroatoms. The molecule has 1 aromatic heterocycles. The number of rotatable bonds is 4. The van der Waals surface area contributed by atoms with Crippen molar-refractivity contribution in [3.05, 3.63) is 52.4 Å². The Morgan fingerprint density at radius 1 is 1.29 bits per heavy atom. The first-order valence-electron chi connectivity index (χ1n) is 5.70. The maximum absolute atomic E-state index is 12.7. The van der Waals surface area contributed by atoms with Crippen LogP contribution in [0.4, 0.5) is 18.9 Å². The number of aromatic carboxylic acids is 1. The average molecular weight is 320 g/mol. The van der Waals surface area contributed by atoms with E-state index in [0.29, 0.717) is 0 Å². The van der Waals surface area contributed by atoms with Gasteiger partial charge in [0.25, 0.3) is 0 Å². The Balaban J connectivity index is 2.11. The summed E-state index contributed by atoms with van der Waals surface area (Å²) in [6.45, 7) is 0.0478. The number of hydrogen-bond acceptors (Lipinski definition) is 3. The van der Waals surface area contributed by atoms with Gasteiger partial charge in [-0.3, -0.25) is 0 Å². The normalized spacial score (nSPS) is 11.4. The number of benzene rings is 1. The number of hydrogen-bond donors (Lipinski definition) is 2. The summed E-state index contributed by atoms with van der Waals surface area (Å²) in [6.07, 6.45) is -4.55. The van der Waals surface area contributed by atoms with Gasteiger partial charge in [-0.15, -0.1) is 0 Å². The molecule has 0 saturated heterocycles. The van der Waals surface area contributed by atoms with Crippen LogP contribution in [0, 0.1) is 0 Å². The van der Waals surface area contributed by atoms with Crippen LogP contribution in [0.1, 0.15) is 21.9 Å². The summed E-state index contributed by atoms with van der Waals surface area (Å²) in [5, 5.41) is 11.0. The van der Waals surface area contributed by atoms with E-state index in [1.807, 2.05) is 0 Å². The molecule has 0 fully saturated rings. The fourth-order valence-corrected chi connectivity index (χ4v) is 1.85. The highest BCUT2D eigenvalue weighted by Crippen LogP contribution is 2.36. The third-order valence-corrected chi connectivity index (χ3v) is 2.94. The summed E-state index contributed by atoms with van der Waals surface area (Å²) in [5.74, 6) is -1.16. The largest absolute Gasteiger partial charge is 0.475 e. The van der Waals surface area contributed by atoms with Gasteiger partial charge in [0.05, 0.1) is 17.1 Å². The molecule has 4 nitrogen and oxygen atoms in total. The lowest BCUT2D eigenvalue weighted by molar-refractivity contribution is -0.137. The molecule has 1 heterocycles. The maximum Gasteiger partial charge on any atom is 0.417 e. The second-order valence-corrected chi connectivity index (χ2v) is 4.52. The van der Waals surface area contributed by atoms with Crippen molar-refractivity contribution in [2.45, 2.75) is 12.7 Å². The molecule has 112 valence electrons. The molecule has 0 atom stereocenters. The van der Waals surface area contributed by atoms with Crippen LogP contribution in [-0.4, -0.2) is 11.1 Å². The Labute approximate surface area is 122 Å². The Bertz CT molecular complexity index is 667. The van der Waals surface area contributed by atoms with Crippen molar-refractivity contribution in [1.29, 1.82) is 0 Å². The maximum atomic E-state index is 12.7. The number of furan rings is 1. The minimum Gasteiger partial charge on any atom is -0.475 e. The number of anilines is 1. The lowest BCUT2D eigenvalue weighted by Crippen LogP contribution is -2.07. The monoisotopic (exact) mass is 319 g/mol. The first-order valence-corrected chi connectivity index (χ1v) is 6.08. The van der Waals surface area contributed by atoms with Crippen molar-refractivity contribution in [3.63, 3.8) is 0 Å². The number of carbonyl (C=O) groups is 1. The van der Waals surface area contributed by atoms with E-state index in [2.05, 4.69) is 5.32 Å². The van der Waals surface area contributed by atoms with E-state index in [0.717, 1.165) is 12.1 Å². The average Bonchev–Trinajstić information content (AvgIpc) is 2.85. The van der Waals surface area contributed by atoms with E-state index in [9.17, 15) is 18.0 Å². The third kappa shape index (κ3) is 3.69. The van der Waals surface area contributed by atoms with Crippen molar-refractivity contribution in [3.8, 4) is 0 Å². The molecule has 0 unspecified atom stereocenters. The van der Waals surface area contributed by atoms with Crippen LogP contribution < -0.4 is 5.32 Å². The highest BCUT2D eigenvalue weighted by Gasteiger charge is 2.33. The molecule has 1 aromatic carbocycles. The smallest absolute Gasteiger partial charge is 0.417 e. The van der Waals surface area contributed by atoms with Gasteiger partial charge in [-0.25, -0.2) is 4.79 Å². The van der Waals surface area contributed by atoms with E-state index in [4.69, 9.17) is 21.1 Å². The first-order chi connectivity index (χ1) is 9.77. The van der Waals surface area contributed by atoms with Crippen LogP contribution in [0.3, 0.4) is 0 Å². The standard InChI is InChI=1S/C13H9ClF3NO3/c14-10-3-1-7(5-9(10)13(15,16)17)18-6-8-2-4-11(21-8)12(19)20/h1-5,18H,6H2,(H,19,20). The van der Waals surface area contributed by atoms with E-state index < -0.39 is 17.7 Å². The Morgan fingerprint density at radius 2 is 2.00 bits per heavy atom. The molecule has 2 aromatic rings. The van der Waals surface area contributed by atoms with E-state index in [1.165, 1.54) is 18.2 Å². The second-order valence-electron chi connectivity index (χ2n) is 4.12. The lowest BCUT2D eigenvalue weighted by Gasteiger charge is -2.11. The molecular formula is C13H9ClF3NO3. The van der Waals surface area contributed by atoms with Gasteiger partial charge in [-0.1, -0.05) is 11.6 Å². The van der Waals surface area contributed by atoms with Gasteiger partial charge >= 0.3 is 12.1 Å². The summed E-state index contributed by atoms with van der Waals surface area (Å²) in [6, 6.07) is 6.10. The number of halogens is 4. The molecule has 0 radical (unpaired) electrons. The van der Waals surface area contributed by atoms with Crippen molar-refractivity contribution < 1.29 is 27.5 Å². The fraction of sp³-hybridized carbons (Fsp3) is 0.154. The number of alkyl halides is 3. The van der Waals surface area contributed by atoms with Crippen LogP contribution in [0.2, 0.25) is 5.02 Å². The molecule has 0 aliphatic heterocycles. The molecule has 0 aliphatic carbocycles. The molecule has 2 rings (SSSR count). The van der Waals surface area contributed by atoms with Gasteiger partial charge in [0.15, 0.2) is 0 Å². The molecule has 2 N–H and O–H groups in total. The highest BCUT2D eigenvalue weighted by molar-refractivity contribution is 6.31. The molecule has 21 heavy (non-hydrogen) atoms. The van der Waals surface area contributed by atoms with Crippen LogP contribution in [-0.2, 0) is 12.7 Å². The topological polar surface area (TPSA) is 62.5 Å². The Hall–Kier alpha value is -2.15. The number of nitrogens with one attached hydrogen (secondary N) is 1. The van der Waals surface area contributed by atoms with Crippen molar-refractivity contribution in [1.82, 2.24) is 0 Å². The fourth-order valence-electron chi connectivity index (χ4n) is 1.63. The van der Waals surface area contributed by atoms with Crippen LogP contribution in [0.15, 0.2) is 34.7 Å². The van der Waals surface area contributed by atoms with E-state index in [-0.39, 0.29) is 28.8 Å². The second kappa shape index (κ2) is 5.69. The molecule has 0 saturated carbocycles. The number of carboxylic acid groups (broad SMARTS) is 1. The zero-order chi connectivity index (χ0) is 15.6. The predicted molar refractivity (Wildman–Crippen MR) is 69.4 cm³/mol. The molecular weight excluding hydrogens is 311 g/mol. The number of carboxylic acids is 1. The minimum atomic E-state index is -4.55. The van der Waals surface area contributed by atoms with Crippen LogP contribution in [0.5, 0.6) is 0 Å². The van der Waals surface area contributed by atoms with Gasteiger partial charge in [-0.2, -0.15) is 13.2 Å². The zero-order valence-electron chi connectivity index (χ0n) is 10.4. The summed E-state index contributed by atoms with van der Waals surface area (Å²) in [5.41, 5.74) is -0.750. The van der Waals surface area contributed by atoms with Gasteiger partial charge in [0.1, 0.15) is 5.76 Å². The summed E-state index contributed by atoms with van der Waals surface area (Å²) in [7, 11) is 0. The summed E-state index contributed by atoms with van der Waals surface area (Å²) in [4.78, 5) is 10.6. The Morgan fingerprint density at radius 3 is 2.57 bits per heavy atom. The van der Waals surface area contributed by atoms with Gasteiger partial charge < -0.3 is 14.8 Å². The van der Waals surface area contributed by atoms with Gasteiger partial charge in [0.2, 0.25) is 5.76 Å². The van der Waals surface area contributed by atoms with E-state index >= 15 is 0 Å². The third-order valence-electron chi connectivity index (χ3n) is 2.61. The van der Waals surface area contributed by atoms with Crippen LogP contribution >= 0.6 is 11.6 Å². The van der Waals surface area contributed by atoms with Crippen LogP contribution in [0.25, 0.3) is 0 Å². The Kier molecular flexibility index (Phi) is 4.13. The minimum absolute atomic E-state index is 0.0478. The summed E-state index contributed by atoms with van der Waals surface area (Å²) < 4.78 is 43.0. The first kappa shape index (κ1) is 15.2. The quantitative estimate of drug-likeness (QED) is 0.883. The SMILES string of the molecule is O=C(O)c1ccc(CNc2ccc(Cl)c(C(F)(F)F)c2)o1. The van der Waals surface area contributed by atoms with Crippen molar-refractivity contribution >= 4 is 23.3 Å². The highest BCUT2D eigenvalue weighted by atomic mass is 35.5. The lowest BCUT2D eigenvalue weighted by atomic mass is 10.2. The zero-order valence-corrected chi connectivity index (χ0v) is 11.1. The van der Waals surface area contributed by atoms with E-state index in [1.54, 1.807) is 0 Å². The molecule has 0 aliphatic rings. The van der Waals surface area contributed by atoms with Crippen molar-refractivity contribution in [2.75, 3.05) is 5.32 Å². The van der Waals surface area contributed by atoms with Gasteiger partial charge in [0, 0.05) is 5.69 Å². The summed E-state index contributed by atoms with van der Waals surface area (Å²) >= 11 is 5.50. The van der Waals surface area contributed by atoms with Gasteiger partial charge in [-0.05, 0) is 30.3 Å². The predicted octanol–water partition coefficient (Wildman–Crippen LogP) is 4.26.